The molecule has 0 atom stereocenters. The Kier molecular flexibility index (Phi) is 4.29. The molecule has 1 rings (SSSR count). The minimum Gasteiger partial charge on any atom is -0.478 e. The number of nitrogens with one attached hydrogen (secondary N) is 1. The number of anilines is 1. The van der Waals surface area contributed by atoms with E-state index in [1.807, 2.05) is 0 Å². The average Bonchev–Trinajstić information content (AvgIpc) is 2.31. The first-order valence-electron chi connectivity index (χ1n) is 5.18. The molecule has 0 saturated carbocycles. The van der Waals surface area contributed by atoms with Crippen LogP contribution in [0, 0.1) is 11.2 Å². The summed E-state index contributed by atoms with van der Waals surface area (Å²) in [5.74, 6) is -2.29. The molecule has 2 N–H and O–H groups in total. The van der Waals surface area contributed by atoms with E-state index >= 15 is 0 Å². The van der Waals surface area contributed by atoms with Gasteiger partial charge in [-0.2, -0.15) is 0 Å². The van der Waals surface area contributed by atoms with Gasteiger partial charge in [0.15, 0.2) is 0 Å². The van der Waals surface area contributed by atoms with E-state index < -0.39 is 23.1 Å². The van der Waals surface area contributed by atoms with Crippen molar-refractivity contribution in [2.24, 2.45) is 5.41 Å². The number of carboxylic acids is 1. The van der Waals surface area contributed by atoms with Crippen LogP contribution in [0.15, 0.2) is 18.2 Å². The van der Waals surface area contributed by atoms with E-state index in [2.05, 4.69) is 5.32 Å². The number of carboxylic acid groups (broad SMARTS) is 1. The quantitative estimate of drug-likeness (QED) is 0.829. The van der Waals surface area contributed by atoms with Gasteiger partial charge in [0, 0.05) is 5.88 Å². The molecule has 0 heterocycles. The van der Waals surface area contributed by atoms with Gasteiger partial charge >= 0.3 is 5.97 Å². The molecule has 1 aromatic carbocycles. The summed E-state index contributed by atoms with van der Waals surface area (Å²) in [7, 11) is 0. The smallest absolute Gasteiger partial charge is 0.335 e. The zero-order valence-corrected chi connectivity index (χ0v) is 10.7. The van der Waals surface area contributed by atoms with Crippen LogP contribution in [0.4, 0.5) is 10.1 Å². The number of amides is 1. The van der Waals surface area contributed by atoms with Gasteiger partial charge in [0.2, 0.25) is 5.91 Å². The monoisotopic (exact) mass is 273 g/mol. The fourth-order valence-electron chi connectivity index (χ4n) is 1.11. The van der Waals surface area contributed by atoms with Crippen LogP contribution in [-0.2, 0) is 4.79 Å². The molecule has 0 radical (unpaired) electrons. The summed E-state index contributed by atoms with van der Waals surface area (Å²) in [5, 5.41) is 11.1. The number of halogens is 2. The summed E-state index contributed by atoms with van der Waals surface area (Å²) in [6.07, 6.45) is 0. The highest BCUT2D eigenvalue weighted by atomic mass is 35.5. The third-order valence-electron chi connectivity index (χ3n) is 2.41. The average molecular weight is 274 g/mol. The zero-order valence-electron chi connectivity index (χ0n) is 9.96. The highest BCUT2D eigenvalue weighted by Gasteiger charge is 2.27. The van der Waals surface area contributed by atoms with Crippen molar-refractivity contribution in [3.05, 3.63) is 29.6 Å². The Hall–Kier alpha value is -1.62. The number of rotatable bonds is 4. The van der Waals surface area contributed by atoms with Gasteiger partial charge in [-0.25, -0.2) is 9.18 Å². The summed E-state index contributed by atoms with van der Waals surface area (Å²) in [6, 6.07) is 3.19. The topological polar surface area (TPSA) is 66.4 Å². The molecule has 0 aliphatic rings. The molecule has 0 aliphatic carbocycles. The maximum atomic E-state index is 13.4. The van der Waals surface area contributed by atoms with Crippen LogP contribution >= 0.6 is 11.6 Å². The lowest BCUT2D eigenvalue weighted by Gasteiger charge is -2.20. The van der Waals surface area contributed by atoms with E-state index in [9.17, 15) is 14.0 Å². The first-order valence-corrected chi connectivity index (χ1v) is 5.71. The van der Waals surface area contributed by atoms with Crippen molar-refractivity contribution >= 4 is 29.2 Å². The first-order chi connectivity index (χ1) is 8.27. The van der Waals surface area contributed by atoms with Crippen molar-refractivity contribution in [3.63, 3.8) is 0 Å². The minimum atomic E-state index is -1.19. The van der Waals surface area contributed by atoms with Crippen LogP contribution in [0.2, 0.25) is 0 Å². The Balaban J connectivity index is 3.01. The summed E-state index contributed by atoms with van der Waals surface area (Å²) in [5.41, 5.74) is -1.14. The van der Waals surface area contributed by atoms with E-state index in [0.717, 1.165) is 18.2 Å². The van der Waals surface area contributed by atoms with Crippen molar-refractivity contribution in [1.82, 2.24) is 0 Å². The third kappa shape index (κ3) is 3.20. The van der Waals surface area contributed by atoms with E-state index in [0.29, 0.717) is 0 Å². The van der Waals surface area contributed by atoms with Crippen molar-refractivity contribution in [2.75, 3.05) is 11.2 Å². The van der Waals surface area contributed by atoms with Gasteiger partial charge in [-0.3, -0.25) is 4.79 Å². The Morgan fingerprint density at radius 1 is 1.44 bits per heavy atom. The molecule has 0 aliphatic heterocycles. The third-order valence-corrected chi connectivity index (χ3v) is 3.08. The number of alkyl halides is 1. The largest absolute Gasteiger partial charge is 0.478 e. The number of benzene rings is 1. The molecular formula is C12H13ClFNO3. The number of hydrogen-bond acceptors (Lipinski definition) is 2. The van der Waals surface area contributed by atoms with Crippen LogP contribution in [0.25, 0.3) is 0 Å². The molecule has 18 heavy (non-hydrogen) atoms. The Morgan fingerprint density at radius 2 is 2.06 bits per heavy atom. The fraction of sp³-hybridized carbons (Fsp3) is 0.333. The van der Waals surface area contributed by atoms with E-state index in [1.54, 1.807) is 13.8 Å². The van der Waals surface area contributed by atoms with Crippen LogP contribution in [0.5, 0.6) is 0 Å². The van der Waals surface area contributed by atoms with Crippen molar-refractivity contribution < 1.29 is 19.1 Å². The van der Waals surface area contributed by atoms with E-state index in [4.69, 9.17) is 16.7 Å². The van der Waals surface area contributed by atoms with Crippen LogP contribution in [0.3, 0.4) is 0 Å². The normalized spacial score (nSPS) is 11.1. The molecule has 1 amide bonds. The van der Waals surface area contributed by atoms with Gasteiger partial charge in [0.25, 0.3) is 0 Å². The second kappa shape index (κ2) is 5.35. The number of carbonyl (C=O) groups excluding carboxylic acids is 1. The second-order valence-corrected chi connectivity index (χ2v) is 4.74. The van der Waals surface area contributed by atoms with Gasteiger partial charge in [-0.05, 0) is 32.0 Å². The molecule has 98 valence electrons. The summed E-state index contributed by atoms with van der Waals surface area (Å²) in [4.78, 5) is 22.5. The zero-order chi connectivity index (χ0) is 13.9. The SMILES string of the molecule is CC(C)(CCl)C(=O)Nc1cc(C(=O)O)ccc1F. The van der Waals surface area contributed by atoms with Gasteiger partial charge in [0.05, 0.1) is 16.7 Å². The molecule has 0 unspecified atom stereocenters. The lowest BCUT2D eigenvalue weighted by Crippen LogP contribution is -2.32. The van der Waals surface area contributed by atoms with Gasteiger partial charge in [-0.1, -0.05) is 0 Å². The predicted molar refractivity (Wildman–Crippen MR) is 66.5 cm³/mol. The van der Waals surface area contributed by atoms with Crippen LogP contribution in [0.1, 0.15) is 24.2 Å². The first kappa shape index (κ1) is 14.4. The summed E-state index contributed by atoms with van der Waals surface area (Å²) < 4.78 is 13.4. The Morgan fingerprint density at radius 3 is 2.56 bits per heavy atom. The van der Waals surface area contributed by atoms with E-state index in [-0.39, 0.29) is 17.1 Å². The van der Waals surface area contributed by atoms with Gasteiger partial charge < -0.3 is 10.4 Å². The van der Waals surface area contributed by atoms with Gasteiger partial charge in [-0.15, -0.1) is 11.6 Å². The fourth-order valence-corrected chi connectivity index (χ4v) is 1.23. The molecule has 0 saturated heterocycles. The van der Waals surface area contributed by atoms with Crippen molar-refractivity contribution in [2.45, 2.75) is 13.8 Å². The standard InChI is InChI=1S/C12H13ClFNO3/c1-12(2,6-13)11(18)15-9-5-7(10(16)17)3-4-8(9)14/h3-5H,6H2,1-2H3,(H,15,18)(H,16,17). The molecule has 4 nitrogen and oxygen atoms in total. The minimum absolute atomic E-state index is 0.0685. The van der Waals surface area contributed by atoms with Crippen LogP contribution < -0.4 is 5.32 Å². The maximum Gasteiger partial charge on any atom is 0.335 e. The highest BCUT2D eigenvalue weighted by molar-refractivity contribution is 6.20. The molecular weight excluding hydrogens is 261 g/mol. The Labute approximate surface area is 109 Å². The molecule has 0 bridgehead atoms. The number of aromatic carboxylic acids is 1. The maximum absolute atomic E-state index is 13.4. The molecule has 6 heteroatoms. The lowest BCUT2D eigenvalue weighted by atomic mass is 9.95. The molecule has 1 aromatic rings. The molecule has 0 aromatic heterocycles. The number of hydrogen-bond donors (Lipinski definition) is 2. The number of carbonyl (C=O) groups is 2. The van der Waals surface area contributed by atoms with E-state index in [1.165, 1.54) is 0 Å². The lowest BCUT2D eigenvalue weighted by molar-refractivity contribution is -0.123. The molecule has 0 spiro atoms. The molecule has 0 fully saturated rings. The highest BCUT2D eigenvalue weighted by Crippen LogP contribution is 2.22. The predicted octanol–water partition coefficient (Wildman–Crippen LogP) is 2.73. The van der Waals surface area contributed by atoms with Crippen molar-refractivity contribution in [3.8, 4) is 0 Å². The summed E-state index contributed by atoms with van der Waals surface area (Å²) in [6.45, 7) is 3.21. The Bertz CT molecular complexity index is 488. The van der Waals surface area contributed by atoms with Crippen molar-refractivity contribution in [1.29, 1.82) is 0 Å². The summed E-state index contributed by atoms with van der Waals surface area (Å²) >= 11 is 5.63. The second-order valence-electron chi connectivity index (χ2n) is 4.47. The van der Waals surface area contributed by atoms with Crippen LogP contribution in [-0.4, -0.2) is 22.9 Å². The van der Waals surface area contributed by atoms with Gasteiger partial charge in [0.1, 0.15) is 5.82 Å².